The molecule has 0 unspecified atom stereocenters. The van der Waals surface area contributed by atoms with Crippen molar-refractivity contribution in [3.05, 3.63) is 127 Å². The van der Waals surface area contributed by atoms with Gasteiger partial charge in [-0.25, -0.2) is 0 Å². The van der Waals surface area contributed by atoms with Crippen LogP contribution < -0.4 is 15.9 Å². The molecule has 0 bridgehead atoms. The monoisotopic (exact) mass is 552 g/mol. The minimum absolute atomic E-state index is 0.488. The Morgan fingerprint density at radius 2 is 1.25 bits per heavy atom. The molecule has 0 saturated carbocycles. The number of nitriles is 1. The Bertz CT molecular complexity index is 1430. The second-order valence-electron chi connectivity index (χ2n) is 9.87. The molecule has 0 atom stereocenters. The molecule has 0 radical (unpaired) electrons. The second-order valence-corrected chi connectivity index (χ2v) is 18.8. The Morgan fingerprint density at radius 3 is 1.69 bits per heavy atom. The van der Waals surface area contributed by atoms with Crippen molar-refractivity contribution < 1.29 is 0 Å². The molecule has 0 aliphatic heterocycles. The van der Waals surface area contributed by atoms with Gasteiger partial charge in [-0.1, -0.05) is 0 Å². The van der Waals surface area contributed by atoms with Gasteiger partial charge in [-0.05, 0) is 0 Å². The molecule has 5 rings (SSSR count). The van der Waals surface area contributed by atoms with E-state index in [0.29, 0.717) is 11.5 Å². The van der Waals surface area contributed by atoms with Crippen molar-refractivity contribution in [3.63, 3.8) is 0 Å². The molecule has 180 valence electrons. The maximum absolute atomic E-state index is 9.53. The van der Waals surface area contributed by atoms with Crippen LogP contribution in [0.3, 0.4) is 0 Å². The third kappa shape index (κ3) is 4.09. The first-order valence-corrected chi connectivity index (χ1v) is 16.8. The summed E-state index contributed by atoms with van der Waals surface area (Å²) in [6.07, 6.45) is 0.826. The summed E-state index contributed by atoms with van der Waals surface area (Å²) in [5.74, 6) is 0.488. The van der Waals surface area contributed by atoms with Gasteiger partial charge in [0.1, 0.15) is 0 Å². The van der Waals surface area contributed by atoms with Crippen molar-refractivity contribution in [2.45, 2.75) is 26.6 Å². The van der Waals surface area contributed by atoms with Crippen LogP contribution in [0.1, 0.15) is 25.1 Å². The molecule has 1 heterocycles. The maximum atomic E-state index is 9.53. The molecule has 0 spiro atoms. The van der Waals surface area contributed by atoms with Crippen LogP contribution in [0.2, 0.25) is 0 Å². The first kappa shape index (κ1) is 24.5. The predicted molar refractivity (Wildman–Crippen MR) is 159 cm³/mol. The van der Waals surface area contributed by atoms with Crippen molar-refractivity contribution in [2.75, 3.05) is 0 Å². The van der Waals surface area contributed by atoms with E-state index in [0.717, 1.165) is 18.1 Å². The molecule has 0 amide bonds. The molecule has 0 saturated heterocycles. The van der Waals surface area contributed by atoms with Crippen LogP contribution in [0.15, 0.2) is 115 Å². The zero-order chi connectivity index (χ0) is 25.2. The summed E-state index contributed by atoms with van der Waals surface area (Å²) in [5, 5.41) is 11.4. The standard InChI is InChI=1S/C32H30BrN2P/c1-25(2)23-35-28(21-27-20-26(22-34)18-19-32(27)35)24-36(33,29-12-6-3-7-13-29,30-14-8-4-9-15-30)31-16-10-5-11-17-31/h3-21,25H,23-24H2,1-2H3. The van der Waals surface area contributed by atoms with Gasteiger partial charge >= 0.3 is 223 Å². The van der Waals surface area contributed by atoms with Gasteiger partial charge in [0.2, 0.25) is 0 Å². The quantitative estimate of drug-likeness (QED) is 0.192. The van der Waals surface area contributed by atoms with E-state index >= 15 is 0 Å². The van der Waals surface area contributed by atoms with Gasteiger partial charge in [-0.3, -0.25) is 0 Å². The van der Waals surface area contributed by atoms with Crippen LogP contribution >= 0.6 is 20.8 Å². The summed E-state index contributed by atoms with van der Waals surface area (Å²) >= 11 is 4.60. The number of benzene rings is 4. The Labute approximate surface area is 221 Å². The fraction of sp³-hybridized carbons (Fsp3) is 0.156. The van der Waals surface area contributed by atoms with Crippen LogP contribution in [0.4, 0.5) is 0 Å². The number of hydrogen-bond acceptors (Lipinski definition) is 1. The summed E-state index contributed by atoms with van der Waals surface area (Å²) in [6, 6.07) is 43.5. The van der Waals surface area contributed by atoms with Gasteiger partial charge in [-0.15, -0.1) is 0 Å². The summed E-state index contributed by atoms with van der Waals surface area (Å²) < 4.78 is 2.47. The van der Waals surface area contributed by atoms with Crippen LogP contribution in [-0.4, -0.2) is 4.57 Å². The van der Waals surface area contributed by atoms with E-state index < -0.39 is 5.31 Å². The number of halogens is 1. The Hall–Kier alpha value is -3.18. The normalized spacial score (nSPS) is 12.8. The van der Waals surface area contributed by atoms with E-state index in [1.165, 1.54) is 27.1 Å². The third-order valence-corrected chi connectivity index (χ3v) is 16.5. The Kier molecular flexibility index (Phi) is 6.60. The third-order valence-electron chi connectivity index (χ3n) is 7.01. The van der Waals surface area contributed by atoms with E-state index in [-0.39, 0.29) is 0 Å². The fourth-order valence-electron chi connectivity index (χ4n) is 5.35. The van der Waals surface area contributed by atoms with Crippen molar-refractivity contribution in [2.24, 2.45) is 5.92 Å². The fourth-order valence-corrected chi connectivity index (χ4v) is 12.9. The second kappa shape index (κ2) is 9.70. The van der Waals surface area contributed by atoms with Gasteiger partial charge in [-0.2, -0.15) is 0 Å². The minimum atomic E-state index is -3.13. The zero-order valence-corrected chi connectivity index (χ0v) is 23.2. The van der Waals surface area contributed by atoms with Gasteiger partial charge in [0, 0.05) is 0 Å². The topological polar surface area (TPSA) is 28.7 Å². The summed E-state index contributed by atoms with van der Waals surface area (Å²) in [6.45, 7) is 5.44. The van der Waals surface area contributed by atoms with Gasteiger partial charge in [0.25, 0.3) is 0 Å². The zero-order valence-electron chi connectivity index (χ0n) is 20.7. The van der Waals surface area contributed by atoms with Crippen molar-refractivity contribution in [3.8, 4) is 6.07 Å². The van der Waals surface area contributed by atoms with Gasteiger partial charge < -0.3 is 0 Å². The predicted octanol–water partition coefficient (Wildman–Crippen LogP) is 7.51. The molecule has 5 aromatic rings. The molecule has 0 aliphatic carbocycles. The average molecular weight is 553 g/mol. The average Bonchev–Trinajstić information content (AvgIpc) is 3.25. The molecule has 0 fully saturated rings. The first-order chi connectivity index (χ1) is 17.4. The van der Waals surface area contributed by atoms with Gasteiger partial charge in [0.05, 0.1) is 0 Å². The molecular weight excluding hydrogens is 523 g/mol. The molecule has 4 heteroatoms. The molecule has 4 aromatic carbocycles. The number of fused-ring (bicyclic) bond motifs is 1. The van der Waals surface area contributed by atoms with Crippen LogP contribution in [0.25, 0.3) is 10.9 Å². The molecule has 36 heavy (non-hydrogen) atoms. The van der Waals surface area contributed by atoms with E-state index in [9.17, 15) is 5.26 Å². The molecule has 0 N–H and O–H groups in total. The SMILES string of the molecule is CC(C)Cn1c(CP(Br)(c2ccccc2)(c2ccccc2)c2ccccc2)cc2cc(C#N)ccc21. The Balaban J connectivity index is 1.86. The number of aromatic nitrogens is 1. The number of hydrogen-bond donors (Lipinski definition) is 0. The molecule has 1 aromatic heterocycles. The number of nitrogens with zero attached hydrogens (tertiary/aromatic N) is 2. The molecule has 0 aliphatic rings. The first-order valence-electron chi connectivity index (χ1n) is 12.4. The van der Waals surface area contributed by atoms with Crippen LogP contribution in [-0.2, 0) is 12.7 Å². The molecular formula is C32H30BrN2P. The van der Waals surface area contributed by atoms with E-state index in [2.05, 4.69) is 143 Å². The molecule has 2 nitrogen and oxygen atoms in total. The van der Waals surface area contributed by atoms with Crippen molar-refractivity contribution in [1.29, 1.82) is 5.26 Å². The van der Waals surface area contributed by atoms with E-state index in [4.69, 9.17) is 0 Å². The summed E-state index contributed by atoms with van der Waals surface area (Å²) in [7, 11) is 0. The Morgan fingerprint density at radius 1 is 0.750 bits per heavy atom. The summed E-state index contributed by atoms with van der Waals surface area (Å²) in [5.41, 5.74) is 3.16. The van der Waals surface area contributed by atoms with Crippen molar-refractivity contribution >= 4 is 47.6 Å². The number of rotatable bonds is 7. The van der Waals surface area contributed by atoms with Crippen molar-refractivity contribution in [1.82, 2.24) is 4.57 Å². The van der Waals surface area contributed by atoms with E-state index in [1.807, 2.05) is 12.1 Å². The van der Waals surface area contributed by atoms with E-state index in [1.54, 1.807) is 0 Å². The summed E-state index contributed by atoms with van der Waals surface area (Å²) in [4.78, 5) is 0. The van der Waals surface area contributed by atoms with Crippen LogP contribution in [0, 0.1) is 17.2 Å². The van der Waals surface area contributed by atoms with Crippen LogP contribution in [0.5, 0.6) is 0 Å². The van der Waals surface area contributed by atoms with Gasteiger partial charge in [0.15, 0.2) is 0 Å².